The zero-order valence-electron chi connectivity index (χ0n) is 12.2. The van der Waals surface area contributed by atoms with Gasteiger partial charge < -0.3 is 4.74 Å². The first-order chi connectivity index (χ1) is 10.2. The zero-order chi connectivity index (χ0) is 14.8. The highest BCUT2D eigenvalue weighted by atomic mass is 32.1. The van der Waals surface area contributed by atoms with Gasteiger partial charge in [0.05, 0.1) is 33.4 Å². The number of aryl methyl sites for hydroxylation is 2. The fourth-order valence-corrected chi connectivity index (χ4v) is 4.04. The number of methoxy groups -OCH3 is 1. The van der Waals surface area contributed by atoms with Gasteiger partial charge in [0.1, 0.15) is 5.75 Å². The molecule has 3 nitrogen and oxygen atoms in total. The molecule has 5 heteroatoms. The van der Waals surface area contributed by atoms with Crippen molar-refractivity contribution in [3.8, 4) is 16.3 Å². The van der Waals surface area contributed by atoms with Crippen LogP contribution in [0.3, 0.4) is 0 Å². The molecule has 21 heavy (non-hydrogen) atoms. The molecule has 3 aromatic rings. The van der Waals surface area contributed by atoms with Gasteiger partial charge in [0.15, 0.2) is 0 Å². The van der Waals surface area contributed by atoms with Crippen molar-refractivity contribution in [1.29, 1.82) is 0 Å². The van der Waals surface area contributed by atoms with Gasteiger partial charge >= 0.3 is 0 Å². The van der Waals surface area contributed by atoms with E-state index in [1.165, 1.54) is 4.88 Å². The molecule has 0 atom stereocenters. The summed E-state index contributed by atoms with van der Waals surface area (Å²) in [6, 6.07) is 8.09. The van der Waals surface area contributed by atoms with Gasteiger partial charge in [0.2, 0.25) is 0 Å². The molecule has 0 saturated carbocycles. The summed E-state index contributed by atoms with van der Waals surface area (Å²) in [7, 11) is 1.70. The SMILES string of the molecule is COc1ccccc1Cc1nc(-c2sc(C)nc2C)cs1. The summed E-state index contributed by atoms with van der Waals surface area (Å²) in [5.74, 6) is 0.916. The smallest absolute Gasteiger partial charge is 0.122 e. The molecule has 2 heterocycles. The summed E-state index contributed by atoms with van der Waals surface area (Å²) in [5, 5.41) is 4.30. The van der Waals surface area contributed by atoms with E-state index in [-0.39, 0.29) is 0 Å². The monoisotopic (exact) mass is 316 g/mol. The highest BCUT2D eigenvalue weighted by molar-refractivity contribution is 7.15. The summed E-state index contributed by atoms with van der Waals surface area (Å²) < 4.78 is 5.40. The van der Waals surface area contributed by atoms with E-state index in [0.29, 0.717) is 0 Å². The molecule has 0 amide bonds. The molecule has 108 valence electrons. The lowest BCUT2D eigenvalue weighted by molar-refractivity contribution is 0.410. The van der Waals surface area contributed by atoms with Gasteiger partial charge in [-0.2, -0.15) is 0 Å². The van der Waals surface area contributed by atoms with Crippen LogP contribution in [-0.2, 0) is 6.42 Å². The maximum Gasteiger partial charge on any atom is 0.122 e. The van der Waals surface area contributed by atoms with Crippen LogP contribution in [0.2, 0.25) is 0 Å². The molecule has 0 radical (unpaired) electrons. The van der Waals surface area contributed by atoms with Crippen molar-refractivity contribution in [3.05, 3.63) is 50.9 Å². The molecule has 0 N–H and O–H groups in total. The van der Waals surface area contributed by atoms with E-state index in [0.717, 1.165) is 39.1 Å². The molecule has 0 fully saturated rings. The Balaban J connectivity index is 1.87. The summed E-state index contributed by atoms with van der Waals surface area (Å²) in [6.07, 6.45) is 0.797. The highest BCUT2D eigenvalue weighted by Gasteiger charge is 2.12. The van der Waals surface area contributed by atoms with Crippen LogP contribution in [0.25, 0.3) is 10.6 Å². The van der Waals surface area contributed by atoms with Crippen LogP contribution in [0, 0.1) is 13.8 Å². The molecule has 3 rings (SSSR count). The summed E-state index contributed by atoms with van der Waals surface area (Å²) in [6.45, 7) is 4.07. The zero-order valence-corrected chi connectivity index (χ0v) is 13.8. The minimum atomic E-state index is 0.797. The second kappa shape index (κ2) is 5.95. The van der Waals surface area contributed by atoms with Gasteiger partial charge in [-0.3, -0.25) is 0 Å². The molecule has 0 aliphatic heterocycles. The number of para-hydroxylation sites is 1. The highest BCUT2D eigenvalue weighted by Crippen LogP contribution is 2.31. The quantitative estimate of drug-likeness (QED) is 0.711. The van der Waals surface area contributed by atoms with Crippen LogP contribution in [0.15, 0.2) is 29.6 Å². The van der Waals surface area contributed by atoms with Crippen molar-refractivity contribution < 1.29 is 4.74 Å². The third-order valence-corrected chi connectivity index (χ3v) is 5.17. The number of ether oxygens (including phenoxy) is 1. The van der Waals surface area contributed by atoms with E-state index in [2.05, 4.69) is 16.4 Å². The molecule has 0 unspecified atom stereocenters. The molecular formula is C16H16N2OS2. The van der Waals surface area contributed by atoms with Crippen molar-refractivity contribution in [2.75, 3.05) is 7.11 Å². The van der Waals surface area contributed by atoms with Gasteiger partial charge in [-0.25, -0.2) is 9.97 Å². The first-order valence-corrected chi connectivity index (χ1v) is 8.37. The van der Waals surface area contributed by atoms with E-state index in [1.54, 1.807) is 29.8 Å². The van der Waals surface area contributed by atoms with E-state index in [1.807, 2.05) is 32.0 Å². The molecule has 0 aliphatic rings. The van der Waals surface area contributed by atoms with Gasteiger partial charge in [-0.15, -0.1) is 22.7 Å². The Morgan fingerprint density at radius 3 is 2.67 bits per heavy atom. The molecular weight excluding hydrogens is 300 g/mol. The van der Waals surface area contributed by atoms with Crippen LogP contribution in [0.4, 0.5) is 0 Å². The summed E-state index contributed by atoms with van der Waals surface area (Å²) in [4.78, 5) is 10.4. The van der Waals surface area contributed by atoms with E-state index in [9.17, 15) is 0 Å². The van der Waals surface area contributed by atoms with Crippen LogP contribution in [-0.4, -0.2) is 17.1 Å². The normalized spacial score (nSPS) is 10.8. The topological polar surface area (TPSA) is 35.0 Å². The van der Waals surface area contributed by atoms with Gasteiger partial charge in [-0.05, 0) is 19.9 Å². The largest absolute Gasteiger partial charge is 0.496 e. The number of hydrogen-bond donors (Lipinski definition) is 0. The lowest BCUT2D eigenvalue weighted by Gasteiger charge is -2.05. The van der Waals surface area contributed by atoms with Gasteiger partial charge in [-0.1, -0.05) is 18.2 Å². The molecule has 0 aliphatic carbocycles. The number of aromatic nitrogens is 2. The van der Waals surface area contributed by atoms with Crippen molar-refractivity contribution in [3.63, 3.8) is 0 Å². The maximum atomic E-state index is 5.40. The van der Waals surface area contributed by atoms with E-state index < -0.39 is 0 Å². The van der Waals surface area contributed by atoms with Crippen molar-refractivity contribution in [2.24, 2.45) is 0 Å². The summed E-state index contributed by atoms with van der Waals surface area (Å²) >= 11 is 3.39. The molecule has 1 aromatic carbocycles. The van der Waals surface area contributed by atoms with Gasteiger partial charge in [0, 0.05) is 17.4 Å². The number of rotatable bonds is 4. The number of thiazole rings is 2. The van der Waals surface area contributed by atoms with Crippen molar-refractivity contribution in [1.82, 2.24) is 9.97 Å². The minimum Gasteiger partial charge on any atom is -0.496 e. The Bertz CT molecular complexity index is 761. The maximum absolute atomic E-state index is 5.40. The Morgan fingerprint density at radius 2 is 1.95 bits per heavy atom. The molecule has 0 saturated heterocycles. The first-order valence-electron chi connectivity index (χ1n) is 6.68. The third-order valence-electron chi connectivity index (χ3n) is 3.22. The van der Waals surface area contributed by atoms with Crippen LogP contribution < -0.4 is 4.74 Å². The van der Waals surface area contributed by atoms with Gasteiger partial charge in [0.25, 0.3) is 0 Å². The van der Waals surface area contributed by atoms with E-state index in [4.69, 9.17) is 9.72 Å². The average Bonchev–Trinajstić information content (AvgIpc) is 3.06. The Kier molecular flexibility index (Phi) is 4.03. The predicted molar refractivity (Wildman–Crippen MR) is 88.5 cm³/mol. The second-order valence-electron chi connectivity index (χ2n) is 4.76. The third kappa shape index (κ3) is 2.99. The van der Waals surface area contributed by atoms with Crippen molar-refractivity contribution >= 4 is 22.7 Å². The Morgan fingerprint density at radius 1 is 1.14 bits per heavy atom. The number of benzene rings is 1. The molecule has 0 spiro atoms. The standard InChI is InChI=1S/C16H16N2OS2/c1-10-16(21-11(2)17-10)13-9-20-15(18-13)8-12-6-4-5-7-14(12)19-3/h4-7,9H,8H2,1-3H3. The lowest BCUT2D eigenvalue weighted by Crippen LogP contribution is -1.93. The van der Waals surface area contributed by atoms with E-state index >= 15 is 0 Å². The molecule has 2 aromatic heterocycles. The minimum absolute atomic E-state index is 0.797. The van der Waals surface area contributed by atoms with Crippen LogP contribution in [0.1, 0.15) is 21.3 Å². The van der Waals surface area contributed by atoms with Crippen LogP contribution >= 0.6 is 22.7 Å². The fraction of sp³-hybridized carbons (Fsp3) is 0.250. The predicted octanol–water partition coefficient (Wildman–Crippen LogP) is 4.48. The Labute approximate surface area is 132 Å². The second-order valence-corrected chi connectivity index (χ2v) is 6.91. The number of hydrogen-bond acceptors (Lipinski definition) is 5. The van der Waals surface area contributed by atoms with Crippen LogP contribution in [0.5, 0.6) is 5.75 Å². The lowest BCUT2D eigenvalue weighted by atomic mass is 10.1. The fourth-order valence-electron chi connectivity index (χ4n) is 2.28. The number of nitrogens with zero attached hydrogens (tertiary/aromatic N) is 2. The molecule has 0 bridgehead atoms. The first kappa shape index (κ1) is 14.2. The van der Waals surface area contributed by atoms with Crippen molar-refractivity contribution in [2.45, 2.75) is 20.3 Å². The Hall–Kier alpha value is -1.72. The average molecular weight is 316 g/mol. The summed E-state index contributed by atoms with van der Waals surface area (Å²) in [5.41, 5.74) is 3.26.